The molecule has 3 aromatic rings. The Kier molecular flexibility index (Phi) is 6.22. The molecule has 3 rings (SSSR count). The zero-order valence-electron chi connectivity index (χ0n) is 16.0. The Balaban J connectivity index is 1.74. The van der Waals surface area contributed by atoms with Crippen molar-refractivity contribution in [3.8, 4) is 11.5 Å². The highest BCUT2D eigenvalue weighted by Gasteiger charge is 2.16. The highest BCUT2D eigenvalue weighted by Crippen LogP contribution is 2.28. The van der Waals surface area contributed by atoms with Crippen LogP contribution in [0.3, 0.4) is 0 Å². The molecule has 0 spiro atoms. The van der Waals surface area contributed by atoms with Crippen molar-refractivity contribution in [2.75, 3.05) is 0 Å². The molecule has 0 aromatic heterocycles. The van der Waals surface area contributed by atoms with Crippen molar-refractivity contribution >= 4 is 11.9 Å². The van der Waals surface area contributed by atoms with E-state index in [9.17, 15) is 9.59 Å². The Morgan fingerprint density at radius 3 is 1.29 bits per heavy atom. The standard InChI is InChI=1S/C24H22O4/c1-3-17-9-13-19(14-10-17)23(25)27-21-7-5-6-8-22(21)28-24(26)20-15-11-18(4-2)12-16-20/h5-16H,3-4H2,1-2H3. The van der Waals surface area contributed by atoms with Crippen LogP contribution in [0, 0.1) is 0 Å². The molecule has 4 nitrogen and oxygen atoms in total. The fourth-order valence-electron chi connectivity index (χ4n) is 2.69. The first-order chi connectivity index (χ1) is 13.6. The first-order valence-electron chi connectivity index (χ1n) is 9.32. The lowest BCUT2D eigenvalue weighted by molar-refractivity contribution is 0.0682. The number of rotatable bonds is 6. The number of carbonyl (C=O) groups is 2. The van der Waals surface area contributed by atoms with Gasteiger partial charge in [0.05, 0.1) is 11.1 Å². The Morgan fingerprint density at radius 2 is 0.964 bits per heavy atom. The highest BCUT2D eigenvalue weighted by molar-refractivity contribution is 5.93. The van der Waals surface area contributed by atoms with Gasteiger partial charge in [-0.1, -0.05) is 50.2 Å². The molecule has 142 valence electrons. The van der Waals surface area contributed by atoms with Crippen molar-refractivity contribution in [1.29, 1.82) is 0 Å². The Labute approximate surface area is 164 Å². The van der Waals surface area contributed by atoms with Crippen LogP contribution in [0.1, 0.15) is 45.7 Å². The minimum atomic E-state index is -0.501. The third kappa shape index (κ3) is 4.65. The van der Waals surface area contributed by atoms with Crippen LogP contribution in [-0.4, -0.2) is 11.9 Å². The molecule has 0 aliphatic carbocycles. The van der Waals surface area contributed by atoms with Gasteiger partial charge in [0.2, 0.25) is 0 Å². The van der Waals surface area contributed by atoms with E-state index in [-0.39, 0.29) is 11.5 Å². The van der Waals surface area contributed by atoms with Gasteiger partial charge < -0.3 is 9.47 Å². The second-order valence-electron chi connectivity index (χ2n) is 6.33. The molecule has 0 aliphatic rings. The molecule has 0 N–H and O–H groups in total. The van der Waals surface area contributed by atoms with Crippen molar-refractivity contribution in [1.82, 2.24) is 0 Å². The van der Waals surface area contributed by atoms with E-state index in [2.05, 4.69) is 0 Å². The number of carbonyl (C=O) groups excluding carboxylic acids is 2. The van der Waals surface area contributed by atoms with E-state index in [0.717, 1.165) is 24.0 Å². The third-order valence-corrected chi connectivity index (χ3v) is 4.45. The van der Waals surface area contributed by atoms with Crippen LogP contribution in [0.5, 0.6) is 11.5 Å². The van der Waals surface area contributed by atoms with E-state index in [0.29, 0.717) is 11.1 Å². The summed E-state index contributed by atoms with van der Waals surface area (Å²) in [5, 5.41) is 0. The fourth-order valence-corrected chi connectivity index (χ4v) is 2.69. The van der Waals surface area contributed by atoms with Gasteiger partial charge in [-0.05, 0) is 60.4 Å². The lowest BCUT2D eigenvalue weighted by Gasteiger charge is -2.11. The molecular formula is C24H22O4. The monoisotopic (exact) mass is 374 g/mol. The molecule has 0 aliphatic heterocycles. The maximum Gasteiger partial charge on any atom is 0.343 e. The van der Waals surface area contributed by atoms with Crippen LogP contribution in [0.4, 0.5) is 0 Å². The molecule has 28 heavy (non-hydrogen) atoms. The molecule has 0 fully saturated rings. The summed E-state index contributed by atoms with van der Waals surface area (Å²) in [6.45, 7) is 4.10. The first kappa shape index (κ1) is 19.4. The van der Waals surface area contributed by atoms with Crippen molar-refractivity contribution in [2.24, 2.45) is 0 Å². The number of aryl methyl sites for hydroxylation is 2. The number of hydrogen-bond donors (Lipinski definition) is 0. The number of ether oxygens (including phenoxy) is 2. The summed E-state index contributed by atoms with van der Waals surface area (Å²) in [6, 6.07) is 21.1. The van der Waals surface area contributed by atoms with Crippen molar-refractivity contribution in [3.63, 3.8) is 0 Å². The predicted molar refractivity (Wildman–Crippen MR) is 108 cm³/mol. The Morgan fingerprint density at radius 1 is 0.607 bits per heavy atom. The van der Waals surface area contributed by atoms with E-state index in [1.54, 1.807) is 48.5 Å². The Hall–Kier alpha value is -3.40. The second kappa shape index (κ2) is 9.00. The molecule has 0 radical (unpaired) electrons. The number of benzene rings is 3. The topological polar surface area (TPSA) is 52.6 Å². The van der Waals surface area contributed by atoms with Gasteiger partial charge >= 0.3 is 11.9 Å². The maximum absolute atomic E-state index is 12.4. The summed E-state index contributed by atoms with van der Waals surface area (Å²) in [7, 11) is 0. The van der Waals surface area contributed by atoms with Gasteiger partial charge in [0, 0.05) is 0 Å². The van der Waals surface area contributed by atoms with Gasteiger partial charge in [-0.15, -0.1) is 0 Å². The molecule has 4 heteroatoms. The fraction of sp³-hybridized carbons (Fsp3) is 0.167. The lowest BCUT2D eigenvalue weighted by atomic mass is 10.1. The quantitative estimate of drug-likeness (QED) is 0.437. The number of para-hydroxylation sites is 2. The predicted octanol–water partition coefficient (Wildman–Crippen LogP) is 5.25. The highest BCUT2D eigenvalue weighted by atomic mass is 16.6. The number of esters is 2. The van der Waals surface area contributed by atoms with E-state index < -0.39 is 11.9 Å². The van der Waals surface area contributed by atoms with Crippen LogP contribution in [0.15, 0.2) is 72.8 Å². The van der Waals surface area contributed by atoms with Crippen molar-refractivity contribution in [2.45, 2.75) is 26.7 Å². The van der Waals surface area contributed by atoms with Crippen LogP contribution in [0.2, 0.25) is 0 Å². The molecule has 0 atom stereocenters. The van der Waals surface area contributed by atoms with Gasteiger partial charge in [0.15, 0.2) is 11.5 Å². The molecule has 3 aromatic carbocycles. The minimum Gasteiger partial charge on any atom is -0.419 e. The van der Waals surface area contributed by atoms with Crippen LogP contribution in [-0.2, 0) is 12.8 Å². The van der Waals surface area contributed by atoms with E-state index in [1.807, 2.05) is 38.1 Å². The Bertz CT molecular complexity index is 876. The number of hydrogen-bond acceptors (Lipinski definition) is 4. The zero-order chi connectivity index (χ0) is 19.9. The minimum absolute atomic E-state index is 0.200. The smallest absolute Gasteiger partial charge is 0.343 e. The largest absolute Gasteiger partial charge is 0.419 e. The van der Waals surface area contributed by atoms with Crippen LogP contribution < -0.4 is 9.47 Å². The molecule has 0 heterocycles. The van der Waals surface area contributed by atoms with Gasteiger partial charge in [-0.25, -0.2) is 9.59 Å². The summed E-state index contributed by atoms with van der Waals surface area (Å²) in [5.74, 6) is -0.604. The molecule has 0 saturated carbocycles. The van der Waals surface area contributed by atoms with Gasteiger partial charge in [0.25, 0.3) is 0 Å². The third-order valence-electron chi connectivity index (χ3n) is 4.45. The molecule has 0 unspecified atom stereocenters. The summed E-state index contributed by atoms with van der Waals surface area (Å²) < 4.78 is 10.9. The summed E-state index contributed by atoms with van der Waals surface area (Å²) >= 11 is 0. The summed E-state index contributed by atoms with van der Waals surface area (Å²) in [6.07, 6.45) is 1.79. The average Bonchev–Trinajstić information content (AvgIpc) is 2.75. The molecule has 0 amide bonds. The lowest BCUT2D eigenvalue weighted by Crippen LogP contribution is -2.12. The summed E-state index contributed by atoms with van der Waals surface area (Å²) in [4.78, 5) is 24.9. The summed E-state index contributed by atoms with van der Waals surface area (Å²) in [5.41, 5.74) is 3.15. The van der Waals surface area contributed by atoms with Crippen LogP contribution >= 0.6 is 0 Å². The second-order valence-corrected chi connectivity index (χ2v) is 6.33. The van der Waals surface area contributed by atoms with Crippen LogP contribution in [0.25, 0.3) is 0 Å². The van der Waals surface area contributed by atoms with Gasteiger partial charge in [0.1, 0.15) is 0 Å². The molecule has 0 saturated heterocycles. The van der Waals surface area contributed by atoms with E-state index in [1.165, 1.54) is 0 Å². The SMILES string of the molecule is CCc1ccc(C(=O)Oc2ccccc2OC(=O)c2ccc(CC)cc2)cc1. The van der Waals surface area contributed by atoms with Crippen molar-refractivity contribution in [3.05, 3.63) is 95.1 Å². The van der Waals surface area contributed by atoms with Crippen molar-refractivity contribution < 1.29 is 19.1 Å². The zero-order valence-corrected chi connectivity index (χ0v) is 16.0. The van der Waals surface area contributed by atoms with E-state index >= 15 is 0 Å². The van der Waals surface area contributed by atoms with E-state index in [4.69, 9.17) is 9.47 Å². The first-order valence-corrected chi connectivity index (χ1v) is 9.32. The maximum atomic E-state index is 12.4. The average molecular weight is 374 g/mol. The van der Waals surface area contributed by atoms with Gasteiger partial charge in [-0.3, -0.25) is 0 Å². The van der Waals surface area contributed by atoms with Gasteiger partial charge in [-0.2, -0.15) is 0 Å². The normalized spacial score (nSPS) is 10.4. The molecular weight excluding hydrogens is 352 g/mol. The molecule has 0 bridgehead atoms.